The highest BCUT2D eigenvalue weighted by atomic mass is 31.3. The van der Waals surface area contributed by atoms with Crippen LogP contribution in [0.2, 0.25) is 0 Å². The predicted molar refractivity (Wildman–Crippen MR) is 155 cm³/mol. The van der Waals surface area contributed by atoms with Crippen molar-refractivity contribution in [3.05, 3.63) is 67.9 Å². The van der Waals surface area contributed by atoms with Gasteiger partial charge in [-0.1, -0.05) is 26.0 Å². The lowest BCUT2D eigenvalue weighted by Crippen LogP contribution is -2.26. The maximum Gasteiger partial charge on any atom is 0.490 e. The van der Waals surface area contributed by atoms with Gasteiger partial charge in [0, 0.05) is 24.2 Å². The molecule has 1 saturated heterocycles. The molecule has 4 rings (SSSR count). The Balaban J connectivity index is 1.56. The number of nitrogens with zero attached hydrogens (tertiary/aromatic N) is 3. The normalized spacial score (nSPS) is 22.2. The van der Waals surface area contributed by atoms with E-state index in [1.54, 1.807) is 12.1 Å². The highest BCUT2D eigenvalue weighted by molar-refractivity contribution is 7.66. The third kappa shape index (κ3) is 8.81. The topological polar surface area (TPSA) is 292 Å². The quantitative estimate of drug-likeness (QED) is 0.0795. The van der Waals surface area contributed by atoms with Gasteiger partial charge in [0.15, 0.2) is 0 Å². The lowest BCUT2D eigenvalue weighted by Gasteiger charge is -2.21. The van der Waals surface area contributed by atoms with Crippen molar-refractivity contribution in [3.8, 4) is 0 Å². The van der Waals surface area contributed by atoms with Gasteiger partial charge >= 0.3 is 23.5 Å². The SMILES string of the molecule is Cc1nc2c(c(CO[C@H](c3ccccc3[N+](=O)[O-])C(C)C)cn2[C@H]2CC(O)[C@@H](COP(=O)(O)OP(=O)(O)OP(=O)(O)O)O2)c(=O)[nH]1. The number of benzene rings is 1. The molecule has 0 radical (unpaired) electrons. The van der Waals surface area contributed by atoms with E-state index in [1.165, 1.54) is 29.8 Å². The number of fused-ring (bicyclic) bond motifs is 1. The van der Waals surface area contributed by atoms with Crippen LogP contribution in [0.5, 0.6) is 0 Å². The van der Waals surface area contributed by atoms with Crippen molar-refractivity contribution in [3.63, 3.8) is 0 Å². The van der Waals surface area contributed by atoms with Gasteiger partial charge in [-0.15, -0.1) is 0 Å². The number of aryl methyl sites for hydroxylation is 1. The molecule has 23 heteroatoms. The number of aromatic amines is 1. The molecule has 20 nitrogen and oxygen atoms in total. The smallest absolute Gasteiger partial charge is 0.390 e. The van der Waals surface area contributed by atoms with Crippen molar-refractivity contribution in [2.24, 2.45) is 5.92 Å². The second-order valence-corrected chi connectivity index (χ2v) is 14.9. The molecule has 1 fully saturated rings. The average Bonchev–Trinajstić information content (AvgIpc) is 3.45. The summed E-state index contributed by atoms with van der Waals surface area (Å²) in [6.45, 7) is 4.09. The summed E-state index contributed by atoms with van der Waals surface area (Å²) in [4.78, 5) is 67.6. The third-order valence-corrected chi connectivity index (χ3v) is 10.5. The lowest BCUT2D eigenvalue weighted by atomic mass is 9.97. The monoisotopic (exact) mass is 712 g/mol. The van der Waals surface area contributed by atoms with Gasteiger partial charge in [-0.05, 0) is 18.9 Å². The second-order valence-electron chi connectivity index (χ2n) is 10.5. The van der Waals surface area contributed by atoms with Crippen LogP contribution in [0.4, 0.5) is 5.69 Å². The zero-order chi connectivity index (χ0) is 34.2. The second kappa shape index (κ2) is 13.8. The molecule has 0 bridgehead atoms. The maximum atomic E-state index is 13.0. The molecule has 3 heterocycles. The Kier molecular flexibility index (Phi) is 10.9. The number of H-pyrrole nitrogens is 1. The van der Waals surface area contributed by atoms with Crippen LogP contribution in [0.15, 0.2) is 35.3 Å². The number of aliphatic hydroxyl groups excluding tert-OH is 1. The zero-order valence-corrected chi connectivity index (χ0v) is 27.0. The summed E-state index contributed by atoms with van der Waals surface area (Å²) in [5.41, 5.74) is 0.166. The van der Waals surface area contributed by atoms with E-state index in [4.69, 9.17) is 19.3 Å². The first kappa shape index (κ1) is 36.2. The molecule has 2 aromatic heterocycles. The van der Waals surface area contributed by atoms with Crippen LogP contribution in [0.25, 0.3) is 11.0 Å². The Morgan fingerprint density at radius 2 is 1.83 bits per heavy atom. The lowest BCUT2D eigenvalue weighted by molar-refractivity contribution is -0.386. The van der Waals surface area contributed by atoms with Crippen molar-refractivity contribution in [1.82, 2.24) is 14.5 Å². The minimum absolute atomic E-state index is 0.116. The number of phosphoric ester groups is 1. The minimum atomic E-state index is -5.75. The molecule has 0 amide bonds. The van der Waals surface area contributed by atoms with Crippen molar-refractivity contribution >= 4 is 40.2 Å². The molecule has 1 aliphatic rings. The summed E-state index contributed by atoms with van der Waals surface area (Å²) in [6.07, 6.45) is -3.09. The van der Waals surface area contributed by atoms with Crippen LogP contribution >= 0.6 is 23.5 Å². The first-order valence-electron chi connectivity index (χ1n) is 13.3. The molecule has 0 aliphatic carbocycles. The third-order valence-electron chi connectivity index (χ3n) is 6.68. The van der Waals surface area contributed by atoms with Crippen LogP contribution in [-0.4, -0.2) is 63.0 Å². The van der Waals surface area contributed by atoms with Crippen LogP contribution < -0.4 is 5.56 Å². The van der Waals surface area contributed by atoms with Crippen LogP contribution in [0, 0.1) is 23.0 Å². The number of phosphoric acid groups is 3. The number of hydrogen-bond acceptors (Lipinski definition) is 13. The summed E-state index contributed by atoms with van der Waals surface area (Å²) < 4.78 is 59.8. The number of nitro groups is 1. The van der Waals surface area contributed by atoms with Crippen LogP contribution in [0.1, 0.15) is 49.6 Å². The first-order valence-corrected chi connectivity index (χ1v) is 17.9. The highest BCUT2D eigenvalue weighted by Crippen LogP contribution is 2.66. The molecule has 1 aliphatic heterocycles. The van der Waals surface area contributed by atoms with Crippen molar-refractivity contribution in [2.45, 2.75) is 58.3 Å². The van der Waals surface area contributed by atoms with Crippen molar-refractivity contribution in [2.75, 3.05) is 6.61 Å². The van der Waals surface area contributed by atoms with Crippen molar-refractivity contribution < 1.29 is 65.9 Å². The van der Waals surface area contributed by atoms with Gasteiger partial charge < -0.3 is 43.7 Å². The van der Waals surface area contributed by atoms with Gasteiger partial charge in [0.05, 0.1) is 41.3 Å². The molecule has 1 aromatic carbocycles. The molecule has 46 heavy (non-hydrogen) atoms. The van der Waals surface area contributed by atoms with E-state index < -0.39 is 65.1 Å². The molecule has 3 aromatic rings. The van der Waals surface area contributed by atoms with Gasteiger partial charge in [-0.2, -0.15) is 8.62 Å². The number of hydrogen-bond donors (Lipinski definition) is 6. The fourth-order valence-electron chi connectivity index (χ4n) is 4.89. The van der Waals surface area contributed by atoms with Gasteiger partial charge in [0.1, 0.15) is 23.8 Å². The van der Waals surface area contributed by atoms with Gasteiger partial charge in [-0.3, -0.25) is 19.4 Å². The molecule has 6 N–H and O–H groups in total. The molecular weight excluding hydrogens is 681 g/mol. The fraction of sp³-hybridized carbons (Fsp3) is 0.478. The van der Waals surface area contributed by atoms with Gasteiger partial charge in [-0.25, -0.2) is 18.7 Å². The highest BCUT2D eigenvalue weighted by Gasteiger charge is 2.43. The number of rotatable bonds is 14. The summed E-state index contributed by atoms with van der Waals surface area (Å²) in [5, 5.41) is 22.4. The van der Waals surface area contributed by atoms with Gasteiger partial charge in [0.2, 0.25) is 0 Å². The Labute approximate surface area is 259 Å². The van der Waals surface area contributed by atoms with Crippen molar-refractivity contribution in [1.29, 1.82) is 0 Å². The number of aromatic nitrogens is 3. The minimum Gasteiger partial charge on any atom is -0.390 e. The van der Waals surface area contributed by atoms with E-state index in [-0.39, 0.29) is 41.5 Å². The van der Waals surface area contributed by atoms with E-state index in [0.717, 1.165) is 0 Å². The van der Waals surface area contributed by atoms with Crippen LogP contribution in [-0.2, 0) is 42.9 Å². The molecule has 254 valence electrons. The average molecular weight is 712 g/mol. The van der Waals surface area contributed by atoms with E-state index in [2.05, 4.69) is 23.1 Å². The number of nitro benzene ring substituents is 1. The predicted octanol–water partition coefficient (Wildman–Crippen LogP) is 2.85. The van der Waals surface area contributed by atoms with E-state index >= 15 is 0 Å². The number of aliphatic hydroxyl groups is 1. The Morgan fingerprint density at radius 1 is 1.15 bits per heavy atom. The number of nitrogens with one attached hydrogen (secondary N) is 1. The number of ether oxygens (including phenoxy) is 2. The van der Waals surface area contributed by atoms with E-state index in [0.29, 0.717) is 11.1 Å². The molecule has 6 atom stereocenters. The summed E-state index contributed by atoms with van der Waals surface area (Å²) >= 11 is 0. The fourth-order valence-corrected chi connectivity index (χ4v) is 7.92. The van der Waals surface area contributed by atoms with Crippen LogP contribution in [0.3, 0.4) is 0 Å². The molecule has 3 unspecified atom stereocenters. The molecule has 0 spiro atoms. The zero-order valence-electron chi connectivity index (χ0n) is 24.3. The maximum absolute atomic E-state index is 13.0. The molecule has 0 saturated carbocycles. The summed E-state index contributed by atoms with van der Waals surface area (Å²) in [7, 11) is -16.8. The summed E-state index contributed by atoms with van der Waals surface area (Å²) in [5.74, 6) is 0.0313. The first-order chi connectivity index (χ1) is 21.3. The Bertz CT molecular complexity index is 1810. The van der Waals surface area contributed by atoms with E-state index in [1.807, 2.05) is 13.8 Å². The van der Waals surface area contributed by atoms with E-state index in [9.17, 15) is 43.5 Å². The molecular formula is C23H31N4O16P3. The van der Waals surface area contributed by atoms with Gasteiger partial charge in [0.25, 0.3) is 11.2 Å². The Morgan fingerprint density at radius 3 is 2.46 bits per heavy atom. The standard InChI is InChI=1S/C23H31N4O16P3/c1-12(2)21(15-6-4-5-7-16(15)27(30)31)39-10-14-9-26(22-20(14)23(29)25-13(3)24-22)19-8-17(28)18(41-19)11-40-45(35,36)43-46(37,38)42-44(32,33)34/h4-7,9,12,17-19,21,28H,8,10-11H2,1-3H3,(H,35,36)(H,37,38)(H,24,25,29)(H2,32,33,34)/t17?,18-,19-,21+/m1/s1. The largest absolute Gasteiger partial charge is 0.490 e. The Hall–Kier alpha value is -2.67. The summed E-state index contributed by atoms with van der Waals surface area (Å²) in [6, 6.07) is 6.13. The number of para-hydroxylation sites is 1.